The molecular weight excluding hydrogens is 310 g/mol. The highest BCUT2D eigenvalue weighted by molar-refractivity contribution is 5.13. The molecule has 2 N–H and O–H groups in total. The summed E-state index contributed by atoms with van der Waals surface area (Å²) in [7, 11) is 0. The minimum atomic E-state index is -0.108. The van der Waals surface area contributed by atoms with Gasteiger partial charge in [0.25, 0.3) is 0 Å². The molecule has 0 spiro atoms. The summed E-state index contributed by atoms with van der Waals surface area (Å²) in [4.78, 5) is 14.1. The highest BCUT2D eigenvalue weighted by Gasteiger charge is 2.07. The zero-order valence-corrected chi connectivity index (χ0v) is 15.8. The minimum absolute atomic E-state index is 0.108. The van der Waals surface area contributed by atoms with E-state index in [0.717, 1.165) is 17.9 Å². The van der Waals surface area contributed by atoms with E-state index in [1.165, 1.54) is 57.8 Å². The molecule has 5 nitrogen and oxygen atoms in total. The van der Waals surface area contributed by atoms with Crippen molar-refractivity contribution in [2.24, 2.45) is 0 Å². The maximum absolute atomic E-state index is 8.84. The third-order valence-corrected chi connectivity index (χ3v) is 4.21. The topological polar surface area (TPSA) is 81.1 Å². The van der Waals surface area contributed by atoms with Crippen LogP contribution in [0.2, 0.25) is 0 Å². The lowest BCUT2D eigenvalue weighted by Gasteiger charge is -2.01. The maximum Gasteiger partial charge on any atom is 0.106 e. The Morgan fingerprint density at radius 2 is 1.76 bits per heavy atom. The molecule has 1 atom stereocenters. The molecule has 0 saturated carbocycles. The number of aromatic amines is 2. The Bertz CT molecular complexity index is 536. The Morgan fingerprint density at radius 3 is 2.28 bits per heavy atom. The molecule has 0 bridgehead atoms. The van der Waals surface area contributed by atoms with Crippen LogP contribution in [0.15, 0.2) is 24.9 Å². The Kier molecular flexibility index (Phi) is 12.0. The van der Waals surface area contributed by atoms with Crippen LogP contribution in [0.4, 0.5) is 0 Å². The van der Waals surface area contributed by atoms with Crippen molar-refractivity contribution in [2.75, 3.05) is 0 Å². The third-order valence-electron chi connectivity index (χ3n) is 4.21. The summed E-state index contributed by atoms with van der Waals surface area (Å²) in [6, 6.07) is 2.22. The Labute approximate surface area is 152 Å². The van der Waals surface area contributed by atoms with Crippen molar-refractivity contribution in [3.05, 3.63) is 36.4 Å². The Morgan fingerprint density at radius 1 is 1.08 bits per heavy atom. The van der Waals surface area contributed by atoms with Gasteiger partial charge in [0.15, 0.2) is 0 Å². The predicted molar refractivity (Wildman–Crippen MR) is 102 cm³/mol. The Balaban J connectivity index is 0.000000531. The van der Waals surface area contributed by atoms with Gasteiger partial charge < -0.3 is 9.97 Å². The van der Waals surface area contributed by atoms with E-state index in [4.69, 9.17) is 5.26 Å². The molecule has 0 aromatic carbocycles. The van der Waals surface area contributed by atoms with Gasteiger partial charge in [-0.05, 0) is 13.3 Å². The standard InChI is InChI=1S/C17H29N3.C3H4N2/c1-3-4-5-6-7-8-9-10-11-12-17-19-14-16(20-17)15(2)13-18;1-2-5-3-4-1/h14-15H,3-12H2,1-2H3,(H,19,20);1-3H,(H,4,5). The van der Waals surface area contributed by atoms with E-state index in [1.807, 2.05) is 13.1 Å². The van der Waals surface area contributed by atoms with E-state index in [9.17, 15) is 0 Å². The van der Waals surface area contributed by atoms with Crippen LogP contribution in [0.5, 0.6) is 0 Å². The van der Waals surface area contributed by atoms with Gasteiger partial charge in [0.05, 0.1) is 24.0 Å². The van der Waals surface area contributed by atoms with Crippen LogP contribution in [0.1, 0.15) is 89.1 Å². The summed E-state index contributed by atoms with van der Waals surface area (Å²) in [5.74, 6) is 0.924. The van der Waals surface area contributed by atoms with Gasteiger partial charge in [-0.1, -0.05) is 58.3 Å². The number of hydrogen-bond donors (Lipinski definition) is 2. The number of aryl methyl sites for hydroxylation is 1. The molecule has 138 valence electrons. The zero-order chi connectivity index (χ0) is 18.2. The number of nitrogens with one attached hydrogen (secondary N) is 2. The first-order valence-corrected chi connectivity index (χ1v) is 9.64. The molecule has 0 aliphatic carbocycles. The highest BCUT2D eigenvalue weighted by atomic mass is 14.9. The van der Waals surface area contributed by atoms with Crippen LogP contribution in [-0.4, -0.2) is 19.9 Å². The molecular formula is C20H33N5. The van der Waals surface area contributed by atoms with Crippen molar-refractivity contribution in [1.29, 1.82) is 5.26 Å². The molecule has 2 aromatic heterocycles. The van der Waals surface area contributed by atoms with Crippen molar-refractivity contribution < 1.29 is 0 Å². The second kappa shape index (κ2) is 14.3. The molecule has 0 fully saturated rings. The zero-order valence-electron chi connectivity index (χ0n) is 15.8. The fourth-order valence-corrected chi connectivity index (χ4v) is 2.61. The average Bonchev–Trinajstić information content (AvgIpc) is 3.34. The Hall–Kier alpha value is -2.09. The monoisotopic (exact) mass is 343 g/mol. The summed E-state index contributed by atoms with van der Waals surface area (Å²) >= 11 is 0. The quantitative estimate of drug-likeness (QED) is 0.527. The normalized spacial score (nSPS) is 11.4. The van der Waals surface area contributed by atoms with Crippen LogP contribution in [0, 0.1) is 11.3 Å². The van der Waals surface area contributed by atoms with Gasteiger partial charge in [0.2, 0.25) is 0 Å². The number of hydrogen-bond acceptors (Lipinski definition) is 3. The van der Waals surface area contributed by atoms with Crippen LogP contribution in [-0.2, 0) is 6.42 Å². The van der Waals surface area contributed by atoms with Crippen molar-refractivity contribution in [3.8, 4) is 6.07 Å². The van der Waals surface area contributed by atoms with Crippen molar-refractivity contribution in [1.82, 2.24) is 19.9 Å². The fourth-order valence-electron chi connectivity index (χ4n) is 2.61. The lowest BCUT2D eigenvalue weighted by molar-refractivity contribution is 0.562. The molecule has 0 aliphatic rings. The summed E-state index contributed by atoms with van der Waals surface area (Å²) in [6.07, 6.45) is 20.1. The second-order valence-corrected chi connectivity index (χ2v) is 6.46. The number of aromatic nitrogens is 4. The fraction of sp³-hybridized carbons (Fsp3) is 0.650. The van der Waals surface area contributed by atoms with Gasteiger partial charge in [-0.25, -0.2) is 9.97 Å². The first-order valence-electron chi connectivity index (χ1n) is 9.64. The van der Waals surface area contributed by atoms with Crippen molar-refractivity contribution in [3.63, 3.8) is 0 Å². The summed E-state index contributed by atoms with van der Waals surface area (Å²) in [5, 5.41) is 8.84. The van der Waals surface area contributed by atoms with E-state index in [-0.39, 0.29) is 5.92 Å². The van der Waals surface area contributed by atoms with E-state index < -0.39 is 0 Å². The number of unbranched alkanes of at least 4 members (excludes halogenated alkanes) is 8. The largest absolute Gasteiger partial charge is 0.351 e. The minimum Gasteiger partial charge on any atom is -0.351 e. The van der Waals surface area contributed by atoms with Crippen LogP contribution in [0.25, 0.3) is 0 Å². The SMILES string of the molecule is CCCCCCCCCCCc1nc(C(C)C#N)c[nH]1.c1c[nH]cn1. The second-order valence-electron chi connectivity index (χ2n) is 6.46. The van der Waals surface area contributed by atoms with Crippen LogP contribution in [0.3, 0.4) is 0 Å². The van der Waals surface area contributed by atoms with Crippen LogP contribution >= 0.6 is 0 Å². The van der Waals surface area contributed by atoms with Crippen molar-refractivity contribution >= 4 is 0 Å². The third kappa shape index (κ3) is 10.4. The molecule has 0 amide bonds. The molecule has 0 saturated heterocycles. The van der Waals surface area contributed by atoms with E-state index >= 15 is 0 Å². The number of imidazole rings is 2. The molecule has 5 heteroatoms. The molecule has 0 radical (unpaired) electrons. The van der Waals surface area contributed by atoms with Gasteiger partial charge in [0.1, 0.15) is 5.82 Å². The molecule has 2 heterocycles. The van der Waals surface area contributed by atoms with Gasteiger partial charge in [0, 0.05) is 25.0 Å². The first kappa shape index (κ1) is 21.0. The van der Waals surface area contributed by atoms with Gasteiger partial charge in [-0.15, -0.1) is 0 Å². The smallest absolute Gasteiger partial charge is 0.106 e. The molecule has 2 aromatic rings. The van der Waals surface area contributed by atoms with Gasteiger partial charge in [-0.2, -0.15) is 5.26 Å². The van der Waals surface area contributed by atoms with E-state index in [1.54, 1.807) is 18.7 Å². The number of nitriles is 1. The van der Waals surface area contributed by atoms with Crippen molar-refractivity contribution in [2.45, 2.75) is 84.0 Å². The number of H-pyrrole nitrogens is 2. The highest BCUT2D eigenvalue weighted by Crippen LogP contribution is 2.13. The lowest BCUT2D eigenvalue weighted by atomic mass is 10.1. The summed E-state index contributed by atoms with van der Waals surface area (Å²) in [5.41, 5.74) is 0.874. The van der Waals surface area contributed by atoms with Gasteiger partial charge in [-0.3, -0.25) is 0 Å². The number of nitrogens with zero attached hydrogens (tertiary/aromatic N) is 3. The molecule has 2 rings (SSSR count). The summed E-state index contributed by atoms with van der Waals surface area (Å²) in [6.45, 7) is 4.15. The first-order chi connectivity index (χ1) is 12.3. The van der Waals surface area contributed by atoms with Gasteiger partial charge >= 0.3 is 0 Å². The molecule has 25 heavy (non-hydrogen) atoms. The maximum atomic E-state index is 8.84. The van der Waals surface area contributed by atoms with E-state index in [2.05, 4.69) is 32.9 Å². The lowest BCUT2D eigenvalue weighted by Crippen LogP contribution is -1.92. The summed E-state index contributed by atoms with van der Waals surface area (Å²) < 4.78 is 0. The molecule has 0 aliphatic heterocycles. The number of rotatable bonds is 11. The van der Waals surface area contributed by atoms with E-state index in [0.29, 0.717) is 0 Å². The average molecular weight is 344 g/mol. The molecule has 1 unspecified atom stereocenters. The predicted octanol–water partition coefficient (Wildman–Crippen LogP) is 5.52. The van der Waals surface area contributed by atoms with Crippen LogP contribution < -0.4 is 0 Å².